The molecule has 2 aliphatic rings. The number of amides is 1. The summed E-state index contributed by atoms with van der Waals surface area (Å²) in [7, 11) is 1.41. The fourth-order valence-corrected chi connectivity index (χ4v) is 4.29. The number of pyridine rings is 2. The third kappa shape index (κ3) is 3.49. The van der Waals surface area contributed by atoms with Crippen LogP contribution >= 0.6 is 0 Å². The highest BCUT2D eigenvalue weighted by atomic mass is 19.1. The molecule has 4 heterocycles. The second kappa shape index (κ2) is 8.02. The lowest BCUT2D eigenvalue weighted by molar-refractivity contribution is 0.0947. The van der Waals surface area contributed by atoms with Gasteiger partial charge in [0.2, 0.25) is 5.88 Å². The molecule has 4 aromatic rings. The molecule has 1 aliphatic carbocycles. The van der Waals surface area contributed by atoms with E-state index in [9.17, 15) is 9.18 Å². The van der Waals surface area contributed by atoms with E-state index in [2.05, 4.69) is 20.6 Å². The van der Waals surface area contributed by atoms with Gasteiger partial charge in [0, 0.05) is 36.5 Å². The van der Waals surface area contributed by atoms with Crippen molar-refractivity contribution in [1.29, 1.82) is 0 Å². The fourth-order valence-electron chi connectivity index (χ4n) is 4.29. The van der Waals surface area contributed by atoms with E-state index in [-0.39, 0.29) is 17.8 Å². The number of aromatic amines is 1. The van der Waals surface area contributed by atoms with Gasteiger partial charge in [0.15, 0.2) is 11.6 Å². The Morgan fingerprint density at radius 2 is 2.06 bits per heavy atom. The highest BCUT2D eigenvalue weighted by Crippen LogP contribution is 2.41. The Kier molecular flexibility index (Phi) is 4.83. The van der Waals surface area contributed by atoms with Gasteiger partial charge in [-0.15, -0.1) is 0 Å². The zero-order valence-corrected chi connectivity index (χ0v) is 18.4. The molecular formula is C25H22FN5O3. The van der Waals surface area contributed by atoms with E-state index < -0.39 is 5.82 Å². The topological polar surface area (TPSA) is 101 Å². The molecule has 172 valence electrons. The maximum Gasteiger partial charge on any atom is 0.255 e. The Bertz CT molecular complexity index is 1430. The molecule has 0 unspecified atom stereocenters. The molecule has 0 atom stereocenters. The third-order valence-corrected chi connectivity index (χ3v) is 6.04. The number of ether oxygens (including phenoxy) is 2. The van der Waals surface area contributed by atoms with Gasteiger partial charge < -0.3 is 25.1 Å². The molecule has 1 aliphatic heterocycles. The van der Waals surface area contributed by atoms with E-state index in [0.29, 0.717) is 52.5 Å². The number of H-pyrrole nitrogens is 1. The normalized spacial score (nSPS) is 15.1. The molecule has 1 saturated carbocycles. The number of hydrogen-bond acceptors (Lipinski definition) is 6. The lowest BCUT2D eigenvalue weighted by Gasteiger charge is -2.17. The van der Waals surface area contributed by atoms with Crippen LogP contribution in [0.4, 0.5) is 15.8 Å². The van der Waals surface area contributed by atoms with Crippen LogP contribution in [0, 0.1) is 5.82 Å². The van der Waals surface area contributed by atoms with Crippen molar-refractivity contribution in [2.75, 3.05) is 19.0 Å². The monoisotopic (exact) mass is 459 g/mol. The molecule has 8 nitrogen and oxygen atoms in total. The molecule has 3 aromatic heterocycles. The van der Waals surface area contributed by atoms with Crippen LogP contribution in [0.15, 0.2) is 42.6 Å². The van der Waals surface area contributed by atoms with E-state index in [1.807, 2.05) is 18.2 Å². The van der Waals surface area contributed by atoms with Crippen LogP contribution in [0.25, 0.3) is 22.3 Å². The molecule has 1 aromatic carbocycles. The molecular weight excluding hydrogens is 437 g/mol. The van der Waals surface area contributed by atoms with Crippen LogP contribution in [0.2, 0.25) is 0 Å². The maximum absolute atomic E-state index is 14.4. The van der Waals surface area contributed by atoms with E-state index in [0.717, 1.165) is 24.1 Å². The summed E-state index contributed by atoms with van der Waals surface area (Å²) in [5, 5.41) is 6.15. The van der Waals surface area contributed by atoms with Gasteiger partial charge in [0.1, 0.15) is 11.6 Å². The molecule has 1 fully saturated rings. The Morgan fingerprint density at radius 3 is 2.88 bits per heavy atom. The van der Waals surface area contributed by atoms with Gasteiger partial charge in [0.05, 0.1) is 35.3 Å². The number of halogens is 1. The lowest BCUT2D eigenvalue weighted by atomic mass is 10.0. The largest absolute Gasteiger partial charge is 0.492 e. The van der Waals surface area contributed by atoms with Gasteiger partial charge in [-0.1, -0.05) is 6.07 Å². The number of nitrogens with one attached hydrogen (secondary N) is 3. The first-order valence-electron chi connectivity index (χ1n) is 11.2. The van der Waals surface area contributed by atoms with Gasteiger partial charge >= 0.3 is 0 Å². The van der Waals surface area contributed by atoms with Crippen LogP contribution < -0.4 is 20.1 Å². The smallest absolute Gasteiger partial charge is 0.255 e. The number of carbonyl (C=O) groups is 1. The Labute approximate surface area is 194 Å². The minimum Gasteiger partial charge on any atom is -0.492 e. The molecule has 0 radical (unpaired) electrons. The minimum absolute atomic E-state index is 0.0671. The number of anilines is 2. The molecule has 1 amide bonds. The second-order valence-corrected chi connectivity index (χ2v) is 8.37. The lowest BCUT2D eigenvalue weighted by Crippen LogP contribution is -2.31. The summed E-state index contributed by atoms with van der Waals surface area (Å²) < 4.78 is 25.6. The quantitative estimate of drug-likeness (QED) is 0.397. The number of methoxy groups -OCH3 is 1. The van der Waals surface area contributed by atoms with E-state index >= 15 is 0 Å². The summed E-state index contributed by atoms with van der Waals surface area (Å²) in [6.45, 7) is 0.531. The van der Waals surface area contributed by atoms with Crippen LogP contribution in [-0.2, 0) is 6.42 Å². The Hall–Kier alpha value is -4.14. The predicted molar refractivity (Wildman–Crippen MR) is 125 cm³/mol. The van der Waals surface area contributed by atoms with Crippen molar-refractivity contribution >= 4 is 28.3 Å². The molecule has 9 heteroatoms. The minimum atomic E-state index is -0.499. The van der Waals surface area contributed by atoms with Gasteiger partial charge in [-0.25, -0.2) is 9.37 Å². The summed E-state index contributed by atoms with van der Waals surface area (Å²) >= 11 is 0. The first kappa shape index (κ1) is 20.5. The van der Waals surface area contributed by atoms with Crippen molar-refractivity contribution in [3.05, 3.63) is 59.7 Å². The first-order valence-corrected chi connectivity index (χ1v) is 11.2. The number of benzene rings is 1. The zero-order chi connectivity index (χ0) is 23.2. The van der Waals surface area contributed by atoms with Crippen LogP contribution in [0.5, 0.6) is 11.6 Å². The third-order valence-electron chi connectivity index (χ3n) is 6.04. The number of rotatable bonds is 6. The van der Waals surface area contributed by atoms with Crippen molar-refractivity contribution in [3.8, 4) is 22.9 Å². The van der Waals surface area contributed by atoms with E-state index in [1.54, 1.807) is 18.3 Å². The number of aromatic nitrogens is 3. The number of fused-ring (bicyclic) bond motifs is 2. The van der Waals surface area contributed by atoms with Crippen molar-refractivity contribution in [2.45, 2.75) is 25.4 Å². The summed E-state index contributed by atoms with van der Waals surface area (Å²) in [4.78, 5) is 25.5. The standard InChI is InChI=1S/C25H22FN5O3/c1-33-24-15(26)3-2-4-18(24)30-23-20-16(10-12-28-25(20)32)29-22(23)14-9-11-27-17-7-8-19(31-21(14)17)34-13-5-6-13/h2-4,7-9,11,13,29-30H,5-6,10,12H2,1H3,(H,28,32). The predicted octanol–water partition coefficient (Wildman–Crippen LogP) is 4.34. The summed E-state index contributed by atoms with van der Waals surface area (Å²) in [6.07, 6.45) is 4.61. The molecule has 0 saturated heterocycles. The van der Waals surface area contributed by atoms with Crippen LogP contribution in [0.1, 0.15) is 28.9 Å². The van der Waals surface area contributed by atoms with Crippen molar-refractivity contribution in [2.24, 2.45) is 0 Å². The zero-order valence-electron chi connectivity index (χ0n) is 18.4. The Morgan fingerprint density at radius 1 is 1.18 bits per heavy atom. The second-order valence-electron chi connectivity index (χ2n) is 8.37. The first-order chi connectivity index (χ1) is 16.6. The maximum atomic E-state index is 14.4. The van der Waals surface area contributed by atoms with E-state index in [4.69, 9.17) is 14.5 Å². The number of nitrogens with zero attached hydrogens (tertiary/aromatic N) is 2. The highest BCUT2D eigenvalue weighted by molar-refractivity contribution is 6.08. The van der Waals surface area contributed by atoms with Crippen molar-refractivity contribution in [1.82, 2.24) is 20.3 Å². The molecule has 0 spiro atoms. The summed E-state index contributed by atoms with van der Waals surface area (Å²) in [6, 6.07) is 10.2. The van der Waals surface area contributed by atoms with Crippen LogP contribution in [-0.4, -0.2) is 40.6 Å². The SMILES string of the molecule is COc1c(F)cccc1Nc1c(-c2ccnc3ccc(OC4CC4)nc23)[nH]c2c1C(=O)NCC2. The van der Waals surface area contributed by atoms with Crippen LogP contribution in [0.3, 0.4) is 0 Å². The Balaban J connectivity index is 1.54. The molecule has 6 rings (SSSR count). The van der Waals surface area contributed by atoms with Gasteiger partial charge in [-0.3, -0.25) is 9.78 Å². The molecule has 34 heavy (non-hydrogen) atoms. The summed E-state index contributed by atoms with van der Waals surface area (Å²) in [5.74, 6) is -0.0939. The molecule has 0 bridgehead atoms. The van der Waals surface area contributed by atoms with Gasteiger partial charge in [0.25, 0.3) is 5.91 Å². The number of hydrogen-bond donors (Lipinski definition) is 3. The summed E-state index contributed by atoms with van der Waals surface area (Å²) in [5.41, 5.74) is 4.99. The van der Waals surface area contributed by atoms with Gasteiger partial charge in [-0.2, -0.15) is 0 Å². The number of carbonyl (C=O) groups excluding carboxylic acids is 1. The average molecular weight is 459 g/mol. The fraction of sp³-hybridized carbons (Fsp3) is 0.240. The molecule has 3 N–H and O–H groups in total. The van der Waals surface area contributed by atoms with Gasteiger partial charge in [-0.05, 0) is 37.1 Å². The highest BCUT2D eigenvalue weighted by Gasteiger charge is 2.29. The van der Waals surface area contributed by atoms with E-state index in [1.165, 1.54) is 13.2 Å². The van der Waals surface area contributed by atoms with Crippen molar-refractivity contribution in [3.63, 3.8) is 0 Å². The average Bonchev–Trinajstić information content (AvgIpc) is 3.58. The number of para-hydroxylation sites is 1. The van der Waals surface area contributed by atoms with Crippen molar-refractivity contribution < 1.29 is 18.7 Å².